The molecule has 5 heteroatoms. The smallest absolute Gasteiger partial charge is 0.410 e. The van der Waals surface area contributed by atoms with Crippen molar-refractivity contribution in [3.63, 3.8) is 0 Å². The second-order valence-corrected chi connectivity index (χ2v) is 8.28. The van der Waals surface area contributed by atoms with Crippen LogP contribution in [0.25, 0.3) is 0 Å². The molecule has 1 atom stereocenters. The van der Waals surface area contributed by atoms with Crippen molar-refractivity contribution in [1.29, 1.82) is 0 Å². The molecule has 2 heterocycles. The van der Waals surface area contributed by atoms with Gasteiger partial charge in [0.2, 0.25) is 5.91 Å². The van der Waals surface area contributed by atoms with E-state index >= 15 is 0 Å². The van der Waals surface area contributed by atoms with E-state index in [4.69, 9.17) is 4.74 Å². The predicted octanol–water partition coefficient (Wildman–Crippen LogP) is 3.69. The number of para-hydroxylation sites is 1. The summed E-state index contributed by atoms with van der Waals surface area (Å²) in [5.74, 6) is 0.482. The molecule has 0 aromatic heterocycles. The number of carbonyl (C=O) groups excluding carboxylic acids is 2. The van der Waals surface area contributed by atoms with E-state index in [2.05, 4.69) is 6.92 Å². The summed E-state index contributed by atoms with van der Waals surface area (Å²) >= 11 is 0. The van der Waals surface area contributed by atoms with E-state index in [1.54, 1.807) is 4.90 Å². The van der Waals surface area contributed by atoms with Crippen LogP contribution in [0.3, 0.4) is 0 Å². The van der Waals surface area contributed by atoms with Crippen molar-refractivity contribution in [2.24, 2.45) is 11.3 Å². The van der Waals surface area contributed by atoms with Crippen LogP contribution in [-0.4, -0.2) is 42.1 Å². The Balaban J connectivity index is 1.70. The van der Waals surface area contributed by atoms with Gasteiger partial charge in [-0.2, -0.15) is 0 Å². The Labute approximate surface area is 149 Å². The highest BCUT2D eigenvalue weighted by atomic mass is 16.6. The molecule has 0 aliphatic carbocycles. The summed E-state index contributed by atoms with van der Waals surface area (Å²) in [6, 6.07) is 9.86. The van der Waals surface area contributed by atoms with E-state index < -0.39 is 5.60 Å². The minimum absolute atomic E-state index is 0.204. The van der Waals surface area contributed by atoms with Gasteiger partial charge in [0.1, 0.15) is 5.60 Å². The quantitative estimate of drug-likeness (QED) is 0.781. The summed E-state index contributed by atoms with van der Waals surface area (Å²) in [7, 11) is 0. The van der Waals surface area contributed by atoms with Gasteiger partial charge in [-0.3, -0.25) is 4.79 Å². The van der Waals surface area contributed by atoms with Crippen LogP contribution in [0.1, 0.15) is 40.5 Å². The van der Waals surface area contributed by atoms with Crippen LogP contribution in [-0.2, 0) is 9.53 Å². The Kier molecular flexibility index (Phi) is 4.52. The van der Waals surface area contributed by atoms with Crippen LogP contribution in [0.2, 0.25) is 0 Å². The van der Waals surface area contributed by atoms with Crippen LogP contribution in [0.15, 0.2) is 30.3 Å². The molecule has 2 fully saturated rings. The third-order valence-electron chi connectivity index (χ3n) is 5.45. The van der Waals surface area contributed by atoms with Crippen molar-refractivity contribution in [3.05, 3.63) is 30.3 Å². The molecule has 1 unspecified atom stereocenters. The summed E-state index contributed by atoms with van der Waals surface area (Å²) in [6.07, 6.45) is 1.13. The van der Waals surface area contributed by atoms with E-state index in [1.807, 2.05) is 56.0 Å². The summed E-state index contributed by atoms with van der Waals surface area (Å²) in [5, 5.41) is 0. The van der Waals surface area contributed by atoms with Gasteiger partial charge in [0.05, 0.1) is 5.41 Å². The topological polar surface area (TPSA) is 49.9 Å². The zero-order valence-corrected chi connectivity index (χ0v) is 15.6. The van der Waals surface area contributed by atoms with Gasteiger partial charge in [0, 0.05) is 25.3 Å². The van der Waals surface area contributed by atoms with Crippen LogP contribution in [0, 0.1) is 11.3 Å². The first-order valence-corrected chi connectivity index (χ1v) is 9.08. The molecule has 3 rings (SSSR count). The van der Waals surface area contributed by atoms with E-state index in [0.29, 0.717) is 25.9 Å². The average molecular weight is 344 g/mol. The molecule has 0 N–H and O–H groups in total. The maximum absolute atomic E-state index is 13.2. The standard InChI is InChI=1S/C20H28N2O3/c1-15-14-22(16-8-6-5-7-9-16)17(23)20(15)10-12-21(13-11-20)18(24)25-19(2,3)4/h5-9,15H,10-14H2,1-4H3. The minimum atomic E-state index is -0.493. The fourth-order valence-electron chi connectivity index (χ4n) is 3.96. The summed E-state index contributed by atoms with van der Waals surface area (Å²) in [6.45, 7) is 9.67. The fraction of sp³-hybridized carbons (Fsp3) is 0.600. The molecule has 2 saturated heterocycles. The summed E-state index contributed by atoms with van der Waals surface area (Å²) in [4.78, 5) is 29.1. The lowest BCUT2D eigenvalue weighted by Crippen LogP contribution is -2.49. The molecule has 1 aromatic rings. The zero-order valence-electron chi connectivity index (χ0n) is 15.6. The molecule has 0 bridgehead atoms. The molecule has 25 heavy (non-hydrogen) atoms. The van der Waals surface area contributed by atoms with E-state index in [9.17, 15) is 9.59 Å². The maximum atomic E-state index is 13.2. The van der Waals surface area contributed by atoms with E-state index in [0.717, 1.165) is 12.2 Å². The van der Waals surface area contributed by atoms with Gasteiger partial charge in [-0.05, 0) is 51.7 Å². The first kappa shape index (κ1) is 17.8. The first-order chi connectivity index (χ1) is 11.7. The number of hydrogen-bond acceptors (Lipinski definition) is 3. The predicted molar refractivity (Wildman–Crippen MR) is 97.4 cm³/mol. The number of nitrogens with zero attached hydrogens (tertiary/aromatic N) is 2. The maximum Gasteiger partial charge on any atom is 0.410 e. The van der Waals surface area contributed by atoms with Crippen molar-refractivity contribution in [2.45, 2.75) is 46.1 Å². The summed E-state index contributed by atoms with van der Waals surface area (Å²) in [5.41, 5.74) is 0.118. The number of benzene rings is 1. The highest BCUT2D eigenvalue weighted by Crippen LogP contribution is 2.46. The van der Waals surface area contributed by atoms with Crippen LogP contribution in [0.4, 0.5) is 10.5 Å². The highest BCUT2D eigenvalue weighted by molar-refractivity contribution is 6.00. The molecule has 2 aliphatic heterocycles. The second-order valence-electron chi connectivity index (χ2n) is 8.28. The Hall–Kier alpha value is -2.04. The van der Waals surface area contributed by atoms with Crippen LogP contribution >= 0.6 is 0 Å². The van der Waals surface area contributed by atoms with Crippen LogP contribution in [0.5, 0.6) is 0 Å². The van der Waals surface area contributed by atoms with Gasteiger partial charge >= 0.3 is 6.09 Å². The lowest BCUT2D eigenvalue weighted by molar-refractivity contribution is -0.129. The lowest BCUT2D eigenvalue weighted by Gasteiger charge is -2.40. The van der Waals surface area contributed by atoms with Gasteiger partial charge in [-0.25, -0.2) is 4.79 Å². The monoisotopic (exact) mass is 344 g/mol. The zero-order chi connectivity index (χ0) is 18.2. The number of hydrogen-bond donors (Lipinski definition) is 0. The van der Waals surface area contributed by atoms with Crippen LogP contribution < -0.4 is 4.90 Å². The minimum Gasteiger partial charge on any atom is -0.444 e. The molecule has 0 saturated carbocycles. The number of anilines is 1. The number of rotatable bonds is 1. The Morgan fingerprint density at radius 1 is 1.16 bits per heavy atom. The highest BCUT2D eigenvalue weighted by Gasteiger charge is 2.53. The molecule has 2 aliphatic rings. The average Bonchev–Trinajstić information content (AvgIpc) is 2.80. The SMILES string of the molecule is CC1CN(c2ccccc2)C(=O)C12CCN(C(=O)OC(C)(C)C)CC2. The first-order valence-electron chi connectivity index (χ1n) is 9.08. The number of likely N-dealkylation sites (tertiary alicyclic amines) is 1. The Morgan fingerprint density at radius 3 is 2.32 bits per heavy atom. The second kappa shape index (κ2) is 6.36. The van der Waals surface area contributed by atoms with Crippen molar-refractivity contribution < 1.29 is 14.3 Å². The van der Waals surface area contributed by atoms with Crippen molar-refractivity contribution >= 4 is 17.7 Å². The largest absolute Gasteiger partial charge is 0.444 e. The third-order valence-corrected chi connectivity index (χ3v) is 5.45. The van der Waals surface area contributed by atoms with Crippen molar-refractivity contribution in [1.82, 2.24) is 4.90 Å². The molecule has 5 nitrogen and oxygen atoms in total. The number of piperidine rings is 1. The summed E-state index contributed by atoms with van der Waals surface area (Å²) < 4.78 is 5.46. The van der Waals surface area contributed by atoms with Gasteiger partial charge in [-0.1, -0.05) is 25.1 Å². The number of carbonyl (C=O) groups is 2. The molecule has 2 amide bonds. The normalized spacial score (nSPS) is 23.2. The number of amides is 2. The Bertz CT molecular complexity index is 643. The van der Waals surface area contributed by atoms with Gasteiger partial charge < -0.3 is 14.5 Å². The fourth-order valence-corrected chi connectivity index (χ4v) is 3.96. The molecular formula is C20H28N2O3. The van der Waals surface area contributed by atoms with Gasteiger partial charge in [0.25, 0.3) is 0 Å². The number of ether oxygens (including phenoxy) is 1. The third kappa shape index (κ3) is 3.37. The lowest BCUT2D eigenvalue weighted by atomic mass is 9.71. The van der Waals surface area contributed by atoms with Gasteiger partial charge in [0.15, 0.2) is 0 Å². The van der Waals surface area contributed by atoms with E-state index in [1.165, 1.54) is 0 Å². The molecule has 1 spiro atoms. The van der Waals surface area contributed by atoms with Gasteiger partial charge in [-0.15, -0.1) is 0 Å². The molecule has 1 aromatic carbocycles. The van der Waals surface area contributed by atoms with E-state index in [-0.39, 0.29) is 23.3 Å². The molecule has 0 radical (unpaired) electrons. The Morgan fingerprint density at radius 2 is 1.76 bits per heavy atom. The molecule has 136 valence electrons. The van der Waals surface area contributed by atoms with Crippen molar-refractivity contribution in [3.8, 4) is 0 Å². The molecular weight excluding hydrogens is 316 g/mol. The van der Waals surface area contributed by atoms with Crippen molar-refractivity contribution in [2.75, 3.05) is 24.5 Å².